The van der Waals surface area contributed by atoms with Gasteiger partial charge >= 0.3 is 5.97 Å². The highest BCUT2D eigenvalue weighted by molar-refractivity contribution is 7.07. The van der Waals surface area contributed by atoms with Gasteiger partial charge in [-0.3, -0.25) is 9.36 Å². The van der Waals surface area contributed by atoms with Crippen molar-refractivity contribution in [1.29, 1.82) is 0 Å². The van der Waals surface area contributed by atoms with E-state index in [1.54, 1.807) is 34.4 Å². The van der Waals surface area contributed by atoms with Crippen molar-refractivity contribution in [3.63, 3.8) is 0 Å². The van der Waals surface area contributed by atoms with Crippen LogP contribution in [0.25, 0.3) is 23.0 Å². The van der Waals surface area contributed by atoms with Gasteiger partial charge in [0, 0.05) is 17.3 Å². The molecule has 0 N–H and O–H groups in total. The average molecular weight is 593 g/mol. The molecule has 1 atom stereocenters. The molecule has 0 radical (unpaired) electrons. The van der Waals surface area contributed by atoms with Crippen molar-refractivity contribution in [2.45, 2.75) is 32.7 Å². The maximum absolute atomic E-state index is 14.1. The van der Waals surface area contributed by atoms with Gasteiger partial charge in [0.25, 0.3) is 5.56 Å². The number of halogens is 1. The fourth-order valence-electron chi connectivity index (χ4n) is 5.25. The van der Waals surface area contributed by atoms with Crippen LogP contribution < -0.4 is 14.9 Å². The molecule has 2 aromatic heterocycles. The molecule has 0 fully saturated rings. The van der Waals surface area contributed by atoms with Gasteiger partial charge in [0.1, 0.15) is 11.5 Å². The van der Waals surface area contributed by atoms with Crippen molar-refractivity contribution in [2.75, 3.05) is 7.11 Å². The number of thiazole rings is 1. The van der Waals surface area contributed by atoms with Gasteiger partial charge in [-0.05, 0) is 66.4 Å². The normalized spacial score (nSPS) is 15.0. The summed E-state index contributed by atoms with van der Waals surface area (Å²) >= 11 is 1.24. The molecule has 0 bridgehead atoms. The highest BCUT2D eigenvalue weighted by Crippen LogP contribution is 2.31. The molecule has 0 aliphatic carbocycles. The van der Waals surface area contributed by atoms with Gasteiger partial charge in [0.05, 0.1) is 34.6 Å². The molecule has 3 aromatic carbocycles. The number of nitrogens with zero attached hydrogens (tertiary/aromatic N) is 4. The fraction of sp³-hybridized carbons (Fsp3) is 0.176. The lowest BCUT2D eigenvalue weighted by molar-refractivity contribution is -0.136. The second-order valence-corrected chi connectivity index (χ2v) is 11.6. The fourth-order valence-corrected chi connectivity index (χ4v) is 6.29. The van der Waals surface area contributed by atoms with E-state index in [1.165, 1.54) is 30.6 Å². The van der Waals surface area contributed by atoms with Gasteiger partial charge in [0.15, 0.2) is 4.80 Å². The second kappa shape index (κ2) is 11.4. The molecule has 0 saturated carbocycles. The largest absolute Gasteiger partial charge is 0.466 e. The molecule has 0 unspecified atom stereocenters. The Labute approximate surface area is 251 Å². The summed E-state index contributed by atoms with van der Waals surface area (Å²) in [5.41, 5.74) is 5.31. The summed E-state index contributed by atoms with van der Waals surface area (Å²) in [5, 5.41) is 4.80. The number of hydrogen-bond acceptors (Lipinski definition) is 6. The molecule has 7 nitrogen and oxygen atoms in total. The molecule has 9 heteroatoms. The van der Waals surface area contributed by atoms with Crippen molar-refractivity contribution >= 4 is 23.4 Å². The number of aromatic nitrogens is 3. The zero-order chi connectivity index (χ0) is 30.2. The van der Waals surface area contributed by atoms with E-state index in [2.05, 4.69) is 18.8 Å². The van der Waals surface area contributed by atoms with Gasteiger partial charge < -0.3 is 4.74 Å². The summed E-state index contributed by atoms with van der Waals surface area (Å²) in [6.07, 6.45) is 3.63. The minimum absolute atomic E-state index is 0.284. The number of benzene rings is 3. The minimum atomic E-state index is -0.698. The van der Waals surface area contributed by atoms with Crippen LogP contribution in [0.4, 0.5) is 4.39 Å². The van der Waals surface area contributed by atoms with Crippen LogP contribution >= 0.6 is 11.3 Å². The van der Waals surface area contributed by atoms with Crippen molar-refractivity contribution in [2.24, 2.45) is 4.99 Å². The molecule has 0 amide bonds. The van der Waals surface area contributed by atoms with E-state index >= 15 is 0 Å². The van der Waals surface area contributed by atoms with Crippen LogP contribution in [0, 0.1) is 5.82 Å². The van der Waals surface area contributed by atoms with E-state index in [9.17, 15) is 14.0 Å². The van der Waals surface area contributed by atoms with E-state index in [1.807, 2.05) is 60.8 Å². The predicted octanol–water partition coefficient (Wildman–Crippen LogP) is 5.52. The van der Waals surface area contributed by atoms with E-state index in [0.717, 1.165) is 16.8 Å². The van der Waals surface area contributed by atoms with Gasteiger partial charge in [0.2, 0.25) is 0 Å². The summed E-state index contributed by atoms with van der Waals surface area (Å²) < 4.78 is 22.6. The van der Waals surface area contributed by atoms with Crippen molar-refractivity contribution in [3.05, 3.63) is 139 Å². The van der Waals surface area contributed by atoms with Crippen LogP contribution in [0.1, 0.15) is 49.4 Å². The van der Waals surface area contributed by atoms with Gasteiger partial charge in [-0.15, -0.1) is 0 Å². The Kier molecular flexibility index (Phi) is 7.50. The quantitative estimate of drug-likeness (QED) is 0.243. The molecule has 6 rings (SSSR count). The average Bonchev–Trinajstić information content (AvgIpc) is 3.57. The molecule has 216 valence electrons. The van der Waals surface area contributed by atoms with Gasteiger partial charge in [-0.25, -0.2) is 18.9 Å². The third-order valence-electron chi connectivity index (χ3n) is 7.51. The Morgan fingerprint density at radius 2 is 1.72 bits per heavy atom. The van der Waals surface area contributed by atoms with Gasteiger partial charge in [-0.1, -0.05) is 67.6 Å². The molecule has 1 aliphatic rings. The lowest BCUT2D eigenvalue weighted by Gasteiger charge is -2.24. The summed E-state index contributed by atoms with van der Waals surface area (Å²) in [6, 6.07) is 23.0. The first-order chi connectivity index (χ1) is 20.7. The van der Waals surface area contributed by atoms with E-state index in [4.69, 9.17) is 9.84 Å². The summed E-state index contributed by atoms with van der Waals surface area (Å²) in [4.78, 5) is 32.3. The number of rotatable bonds is 6. The Morgan fingerprint density at radius 3 is 2.37 bits per heavy atom. The lowest BCUT2D eigenvalue weighted by Crippen LogP contribution is -2.39. The molecule has 5 aromatic rings. The number of hydrogen-bond donors (Lipinski definition) is 0. The first-order valence-electron chi connectivity index (χ1n) is 13.9. The highest BCUT2D eigenvalue weighted by Gasteiger charge is 2.33. The number of allylic oxidation sites excluding steroid dienone is 1. The van der Waals surface area contributed by atoms with Crippen LogP contribution in [0.3, 0.4) is 0 Å². The molecular formula is C34H29FN4O3S. The predicted molar refractivity (Wildman–Crippen MR) is 165 cm³/mol. The summed E-state index contributed by atoms with van der Waals surface area (Å²) in [7, 11) is 1.33. The molecule has 3 heterocycles. The van der Waals surface area contributed by atoms with Crippen LogP contribution in [0.15, 0.2) is 106 Å². The molecular weight excluding hydrogens is 563 g/mol. The summed E-state index contributed by atoms with van der Waals surface area (Å²) in [6.45, 7) is 5.99. The number of para-hydroxylation sites is 1. The smallest absolute Gasteiger partial charge is 0.338 e. The number of esters is 1. The number of ether oxygens (including phenoxy) is 1. The zero-order valence-electron chi connectivity index (χ0n) is 24.1. The van der Waals surface area contributed by atoms with Crippen LogP contribution in [-0.4, -0.2) is 27.4 Å². The first-order valence-corrected chi connectivity index (χ1v) is 14.7. The Balaban J connectivity index is 1.55. The monoisotopic (exact) mass is 592 g/mol. The maximum atomic E-state index is 14.1. The standard InChI is InChI=1S/C34H29FN4O3S/c1-20(2)22-10-12-24(13-11-22)31-29(33(41)42-4)21(3)36-34-39(31)32(40)28(43-34)18-25-19-38(27-8-6-5-7-9-27)37-30(25)23-14-16-26(35)17-15-23/h5-20,31H,1-4H3/b28-18-/t31-/m1/s1. The third-order valence-corrected chi connectivity index (χ3v) is 8.50. The molecule has 0 saturated heterocycles. The van der Waals surface area contributed by atoms with Crippen molar-refractivity contribution < 1.29 is 13.9 Å². The minimum Gasteiger partial charge on any atom is -0.466 e. The number of fused-ring (bicyclic) bond motifs is 1. The number of carbonyl (C=O) groups is 1. The van der Waals surface area contributed by atoms with E-state index < -0.39 is 12.0 Å². The highest BCUT2D eigenvalue weighted by atomic mass is 32.1. The van der Waals surface area contributed by atoms with Crippen LogP contribution in [-0.2, 0) is 9.53 Å². The van der Waals surface area contributed by atoms with E-state index in [-0.39, 0.29) is 11.4 Å². The zero-order valence-corrected chi connectivity index (χ0v) is 24.9. The van der Waals surface area contributed by atoms with Crippen molar-refractivity contribution in [1.82, 2.24) is 14.3 Å². The maximum Gasteiger partial charge on any atom is 0.338 e. The SMILES string of the molecule is COC(=O)C1=C(C)N=c2s/c(=C\c3cn(-c4ccccc4)nc3-c3ccc(F)cc3)c(=O)n2[C@@H]1c1ccc(C(C)C)cc1. The van der Waals surface area contributed by atoms with E-state index in [0.29, 0.717) is 43.3 Å². The topological polar surface area (TPSA) is 78.5 Å². The van der Waals surface area contributed by atoms with Crippen molar-refractivity contribution in [3.8, 4) is 16.9 Å². The Morgan fingerprint density at radius 1 is 1.02 bits per heavy atom. The first kappa shape index (κ1) is 28.2. The van der Waals surface area contributed by atoms with Crippen LogP contribution in [0.2, 0.25) is 0 Å². The molecule has 1 aliphatic heterocycles. The molecule has 0 spiro atoms. The number of methoxy groups -OCH3 is 1. The van der Waals surface area contributed by atoms with Gasteiger partial charge in [-0.2, -0.15) is 5.10 Å². The summed E-state index contributed by atoms with van der Waals surface area (Å²) in [5.74, 6) is -0.545. The van der Waals surface area contributed by atoms with Crippen LogP contribution in [0.5, 0.6) is 0 Å². The Hall–Kier alpha value is -4.89. The Bertz CT molecular complexity index is 2040. The third kappa shape index (κ3) is 5.28. The number of carbonyl (C=O) groups excluding carboxylic acids is 1. The second-order valence-electron chi connectivity index (χ2n) is 10.6. The lowest BCUT2D eigenvalue weighted by atomic mass is 9.93. The molecule has 43 heavy (non-hydrogen) atoms.